The molecule has 2 unspecified atom stereocenters. The lowest BCUT2D eigenvalue weighted by Crippen LogP contribution is -2.32. The molecule has 1 aliphatic carbocycles. The first kappa shape index (κ1) is 15.8. The van der Waals surface area contributed by atoms with Crippen molar-refractivity contribution in [3.8, 4) is 5.75 Å². The van der Waals surface area contributed by atoms with Gasteiger partial charge < -0.3 is 15.2 Å². The maximum absolute atomic E-state index is 10.7. The van der Waals surface area contributed by atoms with Gasteiger partial charge in [0.2, 0.25) is 0 Å². The van der Waals surface area contributed by atoms with Crippen LogP contribution >= 0.6 is 0 Å². The number of carboxylic acid groups (broad SMARTS) is 1. The fraction of sp³-hybridized carbons (Fsp3) is 0.588. The molecule has 0 aliphatic heterocycles. The molecule has 1 fully saturated rings. The molecule has 1 saturated carbocycles. The van der Waals surface area contributed by atoms with Crippen LogP contribution in [0.3, 0.4) is 0 Å². The first-order valence-corrected chi connectivity index (χ1v) is 7.84. The molecule has 4 nitrogen and oxygen atoms in total. The van der Waals surface area contributed by atoms with E-state index in [1.54, 1.807) is 24.3 Å². The maximum Gasteiger partial charge on any atom is 0.335 e. The molecule has 0 spiro atoms. The summed E-state index contributed by atoms with van der Waals surface area (Å²) in [5.41, 5.74) is 0.285. The molecule has 1 aliphatic rings. The molecule has 0 heterocycles. The SMILES string of the molecule is CC1CCCC(NCCOc2ccc(C(=O)O)cc2)CC1. The molecular weight excluding hydrogens is 266 g/mol. The zero-order valence-corrected chi connectivity index (χ0v) is 12.7. The molecule has 0 amide bonds. The highest BCUT2D eigenvalue weighted by molar-refractivity contribution is 5.87. The Bertz CT molecular complexity index is 444. The van der Waals surface area contributed by atoms with E-state index in [-0.39, 0.29) is 5.56 Å². The zero-order valence-electron chi connectivity index (χ0n) is 12.7. The summed E-state index contributed by atoms with van der Waals surface area (Å²) in [4.78, 5) is 10.7. The molecule has 4 heteroatoms. The number of nitrogens with one attached hydrogen (secondary N) is 1. The van der Waals surface area contributed by atoms with E-state index in [1.165, 1.54) is 32.1 Å². The van der Waals surface area contributed by atoms with Crippen LogP contribution in [-0.4, -0.2) is 30.3 Å². The van der Waals surface area contributed by atoms with Crippen molar-refractivity contribution in [1.29, 1.82) is 0 Å². The lowest BCUT2D eigenvalue weighted by molar-refractivity contribution is 0.0697. The quantitative estimate of drug-likeness (QED) is 0.623. The Labute approximate surface area is 126 Å². The Balaban J connectivity index is 1.66. The molecular formula is C17H25NO3. The van der Waals surface area contributed by atoms with Crippen molar-refractivity contribution in [3.63, 3.8) is 0 Å². The van der Waals surface area contributed by atoms with Gasteiger partial charge in [-0.3, -0.25) is 0 Å². The topological polar surface area (TPSA) is 58.6 Å². The predicted molar refractivity (Wildman–Crippen MR) is 82.9 cm³/mol. The summed E-state index contributed by atoms with van der Waals surface area (Å²) in [5.74, 6) is 0.669. The largest absolute Gasteiger partial charge is 0.492 e. The summed E-state index contributed by atoms with van der Waals surface area (Å²) in [6.45, 7) is 3.78. The highest BCUT2D eigenvalue weighted by Gasteiger charge is 2.15. The van der Waals surface area contributed by atoms with Crippen molar-refractivity contribution in [2.45, 2.75) is 45.1 Å². The third-order valence-electron chi connectivity index (χ3n) is 4.16. The summed E-state index contributed by atoms with van der Waals surface area (Å²) < 4.78 is 5.63. The number of hydrogen-bond acceptors (Lipinski definition) is 3. The molecule has 2 atom stereocenters. The van der Waals surface area contributed by atoms with Crippen molar-refractivity contribution in [1.82, 2.24) is 5.32 Å². The summed E-state index contributed by atoms with van der Waals surface area (Å²) in [6.07, 6.45) is 6.50. The van der Waals surface area contributed by atoms with E-state index in [4.69, 9.17) is 9.84 Å². The molecule has 2 N–H and O–H groups in total. The Hall–Kier alpha value is -1.55. The maximum atomic E-state index is 10.7. The predicted octanol–water partition coefficient (Wildman–Crippen LogP) is 3.32. The van der Waals surface area contributed by atoms with Crippen LogP contribution in [0.25, 0.3) is 0 Å². The van der Waals surface area contributed by atoms with Crippen molar-refractivity contribution >= 4 is 5.97 Å². The van der Waals surface area contributed by atoms with E-state index in [9.17, 15) is 4.79 Å². The second-order valence-electron chi connectivity index (χ2n) is 5.94. The summed E-state index contributed by atoms with van der Waals surface area (Å²) >= 11 is 0. The molecule has 2 rings (SSSR count). The van der Waals surface area contributed by atoms with E-state index >= 15 is 0 Å². The number of ether oxygens (including phenoxy) is 1. The van der Waals surface area contributed by atoms with Gasteiger partial charge in [0.05, 0.1) is 5.56 Å². The Morgan fingerprint density at radius 1 is 1.24 bits per heavy atom. The Kier molecular flexibility index (Phi) is 6.05. The second-order valence-corrected chi connectivity index (χ2v) is 5.94. The minimum Gasteiger partial charge on any atom is -0.492 e. The average molecular weight is 291 g/mol. The second kappa shape index (κ2) is 8.03. The minimum absolute atomic E-state index is 0.285. The monoisotopic (exact) mass is 291 g/mol. The number of rotatable bonds is 6. The van der Waals surface area contributed by atoms with Crippen molar-refractivity contribution in [3.05, 3.63) is 29.8 Å². The number of hydrogen-bond donors (Lipinski definition) is 2. The van der Waals surface area contributed by atoms with Gasteiger partial charge in [-0.15, -0.1) is 0 Å². The molecule has 1 aromatic carbocycles. The van der Waals surface area contributed by atoms with Gasteiger partial charge in [0.15, 0.2) is 0 Å². The van der Waals surface area contributed by atoms with Crippen LogP contribution in [0, 0.1) is 5.92 Å². The Morgan fingerprint density at radius 3 is 2.71 bits per heavy atom. The standard InChI is InChI=1S/C17H25NO3/c1-13-3-2-4-15(8-5-13)18-11-12-21-16-9-6-14(7-10-16)17(19)20/h6-7,9-10,13,15,18H,2-5,8,11-12H2,1H3,(H,19,20). The lowest BCUT2D eigenvalue weighted by Gasteiger charge is -2.16. The molecule has 0 bridgehead atoms. The van der Waals surface area contributed by atoms with Crippen molar-refractivity contribution in [2.75, 3.05) is 13.2 Å². The summed E-state index contributed by atoms with van der Waals surface area (Å²) in [5, 5.41) is 12.4. The van der Waals surface area contributed by atoms with Gasteiger partial charge in [-0.2, -0.15) is 0 Å². The molecule has 21 heavy (non-hydrogen) atoms. The lowest BCUT2D eigenvalue weighted by atomic mass is 10.0. The summed E-state index contributed by atoms with van der Waals surface area (Å²) in [6, 6.07) is 7.16. The van der Waals surface area contributed by atoms with E-state index in [1.807, 2.05) is 0 Å². The average Bonchev–Trinajstić information content (AvgIpc) is 2.69. The zero-order chi connectivity index (χ0) is 15.1. The highest BCUT2D eigenvalue weighted by Crippen LogP contribution is 2.22. The van der Waals surface area contributed by atoms with Crippen molar-refractivity contribution in [2.24, 2.45) is 5.92 Å². The summed E-state index contributed by atoms with van der Waals surface area (Å²) in [7, 11) is 0. The fourth-order valence-corrected chi connectivity index (χ4v) is 2.82. The normalized spacial score (nSPS) is 22.5. The van der Waals surface area contributed by atoms with Crippen LogP contribution < -0.4 is 10.1 Å². The first-order chi connectivity index (χ1) is 10.1. The van der Waals surface area contributed by atoms with Crippen molar-refractivity contribution < 1.29 is 14.6 Å². The highest BCUT2D eigenvalue weighted by atomic mass is 16.5. The number of aromatic carboxylic acids is 1. The van der Waals surface area contributed by atoms with Gasteiger partial charge in [0.25, 0.3) is 0 Å². The van der Waals surface area contributed by atoms with E-state index < -0.39 is 5.97 Å². The van der Waals surface area contributed by atoms with Gasteiger partial charge in [-0.25, -0.2) is 4.79 Å². The van der Waals surface area contributed by atoms with E-state index in [0.717, 1.165) is 18.2 Å². The van der Waals surface area contributed by atoms with Crippen LogP contribution in [0.5, 0.6) is 5.75 Å². The van der Waals surface area contributed by atoms with Gasteiger partial charge >= 0.3 is 5.97 Å². The smallest absolute Gasteiger partial charge is 0.335 e. The Morgan fingerprint density at radius 2 is 2.00 bits per heavy atom. The van der Waals surface area contributed by atoms with Gasteiger partial charge in [-0.1, -0.05) is 19.8 Å². The third-order valence-corrected chi connectivity index (χ3v) is 4.16. The molecule has 0 radical (unpaired) electrons. The van der Waals surface area contributed by atoms with Crippen LogP contribution in [0.2, 0.25) is 0 Å². The number of benzene rings is 1. The molecule has 1 aromatic rings. The van der Waals surface area contributed by atoms with E-state index in [2.05, 4.69) is 12.2 Å². The fourth-order valence-electron chi connectivity index (χ4n) is 2.82. The van der Waals surface area contributed by atoms with Gasteiger partial charge in [0, 0.05) is 12.6 Å². The van der Waals surface area contributed by atoms with E-state index in [0.29, 0.717) is 12.6 Å². The number of carbonyl (C=O) groups is 1. The van der Waals surface area contributed by atoms with Crippen LogP contribution in [0.15, 0.2) is 24.3 Å². The number of carboxylic acids is 1. The van der Waals surface area contributed by atoms with Crippen LogP contribution in [0.4, 0.5) is 0 Å². The van der Waals surface area contributed by atoms with Gasteiger partial charge in [-0.05, 0) is 49.4 Å². The van der Waals surface area contributed by atoms with Crippen LogP contribution in [0.1, 0.15) is 49.4 Å². The first-order valence-electron chi connectivity index (χ1n) is 7.84. The molecule has 0 aromatic heterocycles. The minimum atomic E-state index is -0.911. The molecule has 116 valence electrons. The third kappa shape index (κ3) is 5.38. The van der Waals surface area contributed by atoms with Crippen LogP contribution in [-0.2, 0) is 0 Å². The van der Waals surface area contributed by atoms with Gasteiger partial charge in [0.1, 0.15) is 12.4 Å². The molecule has 0 saturated heterocycles.